The number of carbonyl (C=O) groups is 1. The Hall–Kier alpha value is -1.29. The fraction of sp³-hybridized carbons (Fsp3) is 0.100. The highest BCUT2D eigenvalue weighted by molar-refractivity contribution is 9.08. The van der Waals surface area contributed by atoms with Crippen LogP contribution in [0.5, 0.6) is 0 Å². The van der Waals surface area contributed by atoms with Gasteiger partial charge in [-0.25, -0.2) is 4.79 Å². The Kier molecular flexibility index (Phi) is 2.29. The van der Waals surface area contributed by atoms with Gasteiger partial charge in [-0.1, -0.05) is 15.9 Å². The van der Waals surface area contributed by atoms with Crippen molar-refractivity contribution in [2.24, 2.45) is 0 Å². The summed E-state index contributed by atoms with van der Waals surface area (Å²) in [6.45, 7) is 0. The number of carboxylic acids is 1. The Labute approximate surface area is 89.1 Å². The highest BCUT2D eigenvalue weighted by atomic mass is 79.9. The zero-order chi connectivity index (χ0) is 10.1. The average Bonchev–Trinajstić information content (AvgIpc) is 2.59. The average molecular weight is 254 g/mol. The molecule has 0 bridgehead atoms. The third-order valence-electron chi connectivity index (χ3n) is 2.15. The molecule has 3 nitrogen and oxygen atoms in total. The molecule has 0 amide bonds. The molecule has 2 aromatic rings. The van der Waals surface area contributed by atoms with Gasteiger partial charge in [0.25, 0.3) is 0 Å². The van der Waals surface area contributed by atoms with E-state index in [9.17, 15) is 4.79 Å². The normalized spacial score (nSPS) is 10.6. The van der Waals surface area contributed by atoms with Crippen molar-refractivity contribution in [2.75, 3.05) is 0 Å². The summed E-state index contributed by atoms with van der Waals surface area (Å²) in [7, 11) is 0. The molecule has 0 unspecified atom stereocenters. The minimum Gasteiger partial charge on any atom is -0.478 e. The minimum absolute atomic E-state index is 0.324. The van der Waals surface area contributed by atoms with Crippen LogP contribution in [0, 0.1) is 0 Å². The van der Waals surface area contributed by atoms with Gasteiger partial charge in [-0.05, 0) is 24.3 Å². The Morgan fingerprint density at radius 2 is 2.21 bits per heavy atom. The molecular formula is C10H8BrNO2. The largest absolute Gasteiger partial charge is 0.478 e. The van der Waals surface area contributed by atoms with Crippen molar-refractivity contribution in [1.82, 2.24) is 4.57 Å². The number of fused-ring (bicyclic) bond motifs is 1. The van der Waals surface area contributed by atoms with Crippen molar-refractivity contribution in [2.45, 2.75) is 5.45 Å². The smallest absolute Gasteiger partial charge is 0.335 e. The second-order valence-electron chi connectivity index (χ2n) is 2.98. The van der Waals surface area contributed by atoms with Gasteiger partial charge < -0.3 is 9.67 Å². The van der Waals surface area contributed by atoms with Crippen LogP contribution in [0.2, 0.25) is 0 Å². The van der Waals surface area contributed by atoms with E-state index in [4.69, 9.17) is 5.11 Å². The summed E-state index contributed by atoms with van der Waals surface area (Å²) in [5, 5.41) is 9.74. The summed E-state index contributed by atoms with van der Waals surface area (Å²) >= 11 is 3.35. The van der Waals surface area contributed by atoms with E-state index in [0.717, 1.165) is 10.9 Å². The Bertz CT molecular complexity index is 490. The van der Waals surface area contributed by atoms with E-state index in [1.165, 1.54) is 0 Å². The molecule has 1 N–H and O–H groups in total. The fourth-order valence-corrected chi connectivity index (χ4v) is 1.87. The van der Waals surface area contributed by atoms with Gasteiger partial charge in [0.05, 0.1) is 11.0 Å². The lowest BCUT2D eigenvalue weighted by molar-refractivity contribution is 0.0697. The molecule has 0 spiro atoms. The molecule has 0 aliphatic rings. The minimum atomic E-state index is -0.890. The summed E-state index contributed by atoms with van der Waals surface area (Å²) in [6.07, 6.45) is 1.92. The van der Waals surface area contributed by atoms with Crippen LogP contribution in [0.4, 0.5) is 0 Å². The predicted molar refractivity (Wildman–Crippen MR) is 57.8 cm³/mol. The van der Waals surface area contributed by atoms with Gasteiger partial charge in [-0.15, -0.1) is 0 Å². The number of aromatic carboxylic acids is 1. The number of rotatable bonds is 2. The number of hydrogen-bond acceptors (Lipinski definition) is 1. The molecule has 0 saturated carbocycles. The van der Waals surface area contributed by atoms with Gasteiger partial charge >= 0.3 is 5.97 Å². The highest BCUT2D eigenvalue weighted by Gasteiger charge is 2.05. The third kappa shape index (κ3) is 1.42. The first kappa shape index (κ1) is 9.27. The van der Waals surface area contributed by atoms with Crippen molar-refractivity contribution in [1.29, 1.82) is 0 Å². The van der Waals surface area contributed by atoms with Crippen LogP contribution in [-0.2, 0) is 5.45 Å². The zero-order valence-electron chi connectivity index (χ0n) is 7.27. The quantitative estimate of drug-likeness (QED) is 0.837. The van der Waals surface area contributed by atoms with Crippen LogP contribution in [0.15, 0.2) is 30.5 Å². The molecule has 14 heavy (non-hydrogen) atoms. The van der Waals surface area contributed by atoms with Crippen LogP contribution < -0.4 is 0 Å². The summed E-state index contributed by atoms with van der Waals surface area (Å²) < 4.78 is 2.00. The number of alkyl halides is 1. The van der Waals surface area contributed by atoms with E-state index in [2.05, 4.69) is 15.9 Å². The van der Waals surface area contributed by atoms with Gasteiger partial charge in [0.15, 0.2) is 0 Å². The maximum Gasteiger partial charge on any atom is 0.335 e. The van der Waals surface area contributed by atoms with E-state index in [-0.39, 0.29) is 0 Å². The van der Waals surface area contributed by atoms with Gasteiger partial charge in [-0.3, -0.25) is 0 Å². The molecule has 1 aromatic heterocycles. The standard InChI is InChI=1S/C10H8BrNO2/c11-6-12-4-3-7-5-8(10(13)14)1-2-9(7)12/h1-5H,6H2,(H,13,14). The Morgan fingerprint density at radius 1 is 1.43 bits per heavy atom. The highest BCUT2D eigenvalue weighted by Crippen LogP contribution is 2.18. The van der Waals surface area contributed by atoms with E-state index in [1.807, 2.05) is 22.9 Å². The van der Waals surface area contributed by atoms with E-state index in [1.54, 1.807) is 12.1 Å². The number of benzene rings is 1. The lowest BCUT2D eigenvalue weighted by Crippen LogP contribution is -1.95. The second-order valence-corrected chi connectivity index (χ2v) is 3.49. The first-order valence-corrected chi connectivity index (χ1v) is 5.22. The fourth-order valence-electron chi connectivity index (χ4n) is 1.44. The molecule has 0 saturated heterocycles. The van der Waals surface area contributed by atoms with Crippen LogP contribution >= 0.6 is 15.9 Å². The van der Waals surface area contributed by atoms with E-state index < -0.39 is 5.97 Å². The lowest BCUT2D eigenvalue weighted by Gasteiger charge is -1.99. The van der Waals surface area contributed by atoms with Gasteiger partial charge in [0, 0.05) is 17.1 Å². The van der Waals surface area contributed by atoms with Crippen LogP contribution in [0.25, 0.3) is 10.9 Å². The van der Waals surface area contributed by atoms with Crippen molar-refractivity contribution in [3.8, 4) is 0 Å². The molecule has 0 atom stereocenters. The number of nitrogens with zero attached hydrogens (tertiary/aromatic N) is 1. The van der Waals surface area contributed by atoms with Crippen molar-refractivity contribution in [3.63, 3.8) is 0 Å². The summed E-state index contributed by atoms with van der Waals surface area (Å²) in [5.41, 5.74) is 2.07. The number of aromatic nitrogens is 1. The summed E-state index contributed by atoms with van der Waals surface area (Å²) in [4.78, 5) is 10.7. The zero-order valence-corrected chi connectivity index (χ0v) is 8.86. The van der Waals surface area contributed by atoms with E-state index in [0.29, 0.717) is 11.0 Å². The van der Waals surface area contributed by atoms with Crippen LogP contribution in [-0.4, -0.2) is 15.6 Å². The van der Waals surface area contributed by atoms with Gasteiger partial charge in [0.2, 0.25) is 0 Å². The van der Waals surface area contributed by atoms with Crippen LogP contribution in [0.1, 0.15) is 10.4 Å². The maximum atomic E-state index is 10.7. The number of carboxylic acid groups (broad SMARTS) is 1. The molecule has 2 rings (SSSR count). The number of hydrogen-bond donors (Lipinski definition) is 1. The van der Waals surface area contributed by atoms with Crippen molar-refractivity contribution in [3.05, 3.63) is 36.0 Å². The molecule has 1 aromatic carbocycles. The van der Waals surface area contributed by atoms with Gasteiger partial charge in [0.1, 0.15) is 0 Å². The molecular weight excluding hydrogens is 246 g/mol. The first-order valence-electron chi connectivity index (χ1n) is 4.10. The Morgan fingerprint density at radius 3 is 2.86 bits per heavy atom. The molecule has 4 heteroatoms. The van der Waals surface area contributed by atoms with Crippen LogP contribution in [0.3, 0.4) is 0 Å². The maximum absolute atomic E-state index is 10.7. The summed E-state index contributed by atoms with van der Waals surface area (Å²) in [5.74, 6) is -0.890. The second kappa shape index (κ2) is 3.46. The monoisotopic (exact) mass is 253 g/mol. The molecule has 0 radical (unpaired) electrons. The molecule has 1 heterocycles. The molecule has 0 aliphatic heterocycles. The topological polar surface area (TPSA) is 42.2 Å². The van der Waals surface area contributed by atoms with Crippen molar-refractivity contribution < 1.29 is 9.90 Å². The molecule has 0 fully saturated rings. The number of halogens is 1. The lowest BCUT2D eigenvalue weighted by atomic mass is 10.1. The first-order chi connectivity index (χ1) is 6.72. The van der Waals surface area contributed by atoms with Gasteiger partial charge in [-0.2, -0.15) is 0 Å². The SMILES string of the molecule is O=C(O)c1ccc2c(ccn2CBr)c1. The molecule has 72 valence electrons. The Balaban J connectivity index is 2.63. The summed E-state index contributed by atoms with van der Waals surface area (Å²) in [6, 6.07) is 7.02. The molecule has 0 aliphatic carbocycles. The predicted octanol–water partition coefficient (Wildman–Crippen LogP) is 2.69. The third-order valence-corrected chi connectivity index (χ3v) is 2.69. The van der Waals surface area contributed by atoms with E-state index >= 15 is 0 Å². The van der Waals surface area contributed by atoms with Crippen molar-refractivity contribution >= 4 is 32.8 Å².